The number of nitrogens with one attached hydrogen (secondary N) is 1. The minimum Gasteiger partial charge on any atom is -0.494 e. The average Bonchev–Trinajstić information content (AvgIpc) is 2.44. The van der Waals surface area contributed by atoms with E-state index in [9.17, 15) is 8.42 Å². The summed E-state index contributed by atoms with van der Waals surface area (Å²) in [7, 11) is -2.89. The summed E-state index contributed by atoms with van der Waals surface area (Å²) in [6.45, 7) is 2.38. The Bertz CT molecular complexity index is 567. The van der Waals surface area contributed by atoms with Crippen molar-refractivity contribution in [2.75, 3.05) is 31.7 Å². The minimum absolute atomic E-state index is 0. The first-order chi connectivity index (χ1) is 9.54. The van der Waals surface area contributed by atoms with E-state index in [4.69, 9.17) is 4.74 Å². The van der Waals surface area contributed by atoms with Crippen LogP contribution in [0, 0.1) is 0 Å². The van der Waals surface area contributed by atoms with Crippen molar-refractivity contribution in [1.29, 1.82) is 0 Å². The molecule has 0 saturated carbocycles. The number of halogens is 1. The lowest BCUT2D eigenvalue weighted by Gasteiger charge is -2.14. The molecule has 0 amide bonds. The second-order valence-corrected chi connectivity index (χ2v) is 7.30. The number of hydrogen-bond acceptors (Lipinski definition) is 4. The first-order valence-corrected chi connectivity index (χ1v) is 8.91. The number of sulfone groups is 1. The number of ether oxygens (including phenoxy) is 1. The molecule has 1 aliphatic heterocycles. The zero-order valence-electron chi connectivity index (χ0n) is 12.2. The van der Waals surface area contributed by atoms with Crippen LogP contribution >= 0.6 is 12.4 Å². The van der Waals surface area contributed by atoms with Crippen LogP contribution in [0.25, 0.3) is 5.57 Å². The van der Waals surface area contributed by atoms with Crippen LogP contribution in [-0.4, -0.2) is 40.1 Å². The van der Waals surface area contributed by atoms with Gasteiger partial charge in [0, 0.05) is 12.8 Å². The van der Waals surface area contributed by atoms with E-state index < -0.39 is 9.84 Å². The highest BCUT2D eigenvalue weighted by Gasteiger charge is 2.06. The van der Waals surface area contributed by atoms with Crippen LogP contribution in [0.5, 0.6) is 5.75 Å². The lowest BCUT2D eigenvalue weighted by Crippen LogP contribution is -2.19. The normalized spacial score (nSPS) is 15.0. The van der Waals surface area contributed by atoms with Crippen molar-refractivity contribution in [1.82, 2.24) is 5.32 Å². The Kier molecular flexibility index (Phi) is 7.22. The number of benzene rings is 1. The number of hydrogen-bond donors (Lipinski definition) is 1. The van der Waals surface area contributed by atoms with Gasteiger partial charge in [0.25, 0.3) is 0 Å². The third-order valence-electron chi connectivity index (χ3n) is 3.22. The smallest absolute Gasteiger partial charge is 0.147 e. The fraction of sp³-hybridized carbons (Fsp3) is 0.467. The van der Waals surface area contributed by atoms with E-state index in [1.807, 2.05) is 12.1 Å². The molecule has 0 aliphatic carbocycles. The molecule has 118 valence electrons. The van der Waals surface area contributed by atoms with Crippen LogP contribution in [0.3, 0.4) is 0 Å². The third kappa shape index (κ3) is 6.50. The van der Waals surface area contributed by atoms with Crippen molar-refractivity contribution in [3.63, 3.8) is 0 Å². The largest absolute Gasteiger partial charge is 0.494 e. The molecule has 21 heavy (non-hydrogen) atoms. The zero-order valence-corrected chi connectivity index (χ0v) is 13.8. The topological polar surface area (TPSA) is 55.4 Å². The monoisotopic (exact) mass is 331 g/mol. The molecule has 0 aromatic heterocycles. The summed E-state index contributed by atoms with van der Waals surface area (Å²) in [5.74, 6) is 0.960. The minimum atomic E-state index is -2.89. The average molecular weight is 332 g/mol. The summed E-state index contributed by atoms with van der Waals surface area (Å²) in [4.78, 5) is 0. The van der Waals surface area contributed by atoms with Gasteiger partial charge in [-0.1, -0.05) is 18.2 Å². The van der Waals surface area contributed by atoms with E-state index in [1.165, 1.54) is 17.4 Å². The molecule has 0 fully saturated rings. The Labute approximate surface area is 132 Å². The second kappa shape index (κ2) is 8.41. The van der Waals surface area contributed by atoms with Crippen molar-refractivity contribution < 1.29 is 13.2 Å². The highest BCUT2D eigenvalue weighted by atomic mass is 35.5. The standard InChI is InChI=1S/C15H21NO3S.ClH/c1-20(17,18)12-2-11-19-15-5-3-13(4-6-15)14-7-9-16-10-8-14;/h3-7,16H,2,8-12H2,1H3;1H. The molecular formula is C15H22ClNO3S. The van der Waals surface area contributed by atoms with Gasteiger partial charge < -0.3 is 10.1 Å². The summed E-state index contributed by atoms with van der Waals surface area (Å²) in [5, 5.41) is 3.29. The van der Waals surface area contributed by atoms with Gasteiger partial charge in [-0.25, -0.2) is 8.42 Å². The summed E-state index contributed by atoms with van der Waals surface area (Å²) in [6, 6.07) is 8.00. The van der Waals surface area contributed by atoms with E-state index in [-0.39, 0.29) is 18.2 Å². The molecule has 1 heterocycles. The third-order valence-corrected chi connectivity index (χ3v) is 4.25. The molecule has 1 aromatic carbocycles. The summed E-state index contributed by atoms with van der Waals surface area (Å²) in [5.41, 5.74) is 2.60. The van der Waals surface area contributed by atoms with Crippen LogP contribution in [0.15, 0.2) is 30.3 Å². The highest BCUT2D eigenvalue weighted by Crippen LogP contribution is 2.22. The summed E-state index contributed by atoms with van der Waals surface area (Å²) >= 11 is 0. The molecule has 2 rings (SSSR count). The SMILES string of the molecule is CS(=O)(=O)CCCOc1ccc(C2=CCNCC2)cc1.Cl. The maximum atomic E-state index is 11.0. The molecule has 0 spiro atoms. The van der Waals surface area contributed by atoms with Crippen molar-refractivity contribution in [3.8, 4) is 5.75 Å². The van der Waals surface area contributed by atoms with Crippen molar-refractivity contribution in [2.24, 2.45) is 0 Å². The molecular weight excluding hydrogens is 310 g/mol. The van der Waals surface area contributed by atoms with E-state index in [0.29, 0.717) is 13.0 Å². The maximum Gasteiger partial charge on any atom is 0.147 e. The van der Waals surface area contributed by atoms with Crippen LogP contribution < -0.4 is 10.1 Å². The first-order valence-electron chi connectivity index (χ1n) is 6.85. The molecule has 1 aromatic rings. The fourth-order valence-corrected chi connectivity index (χ4v) is 2.80. The molecule has 0 radical (unpaired) electrons. The van der Waals surface area contributed by atoms with Gasteiger partial charge >= 0.3 is 0 Å². The Morgan fingerprint density at radius 2 is 1.95 bits per heavy atom. The van der Waals surface area contributed by atoms with E-state index in [2.05, 4.69) is 23.5 Å². The first kappa shape index (κ1) is 18.0. The highest BCUT2D eigenvalue weighted by molar-refractivity contribution is 7.90. The van der Waals surface area contributed by atoms with Gasteiger partial charge in [0.1, 0.15) is 15.6 Å². The van der Waals surface area contributed by atoms with Gasteiger partial charge in [0.2, 0.25) is 0 Å². The summed E-state index contributed by atoms with van der Waals surface area (Å²) < 4.78 is 27.5. The van der Waals surface area contributed by atoms with Crippen molar-refractivity contribution >= 4 is 27.8 Å². The predicted octanol–water partition coefficient (Wildman–Crippen LogP) is 2.30. The second-order valence-electron chi connectivity index (χ2n) is 5.04. The Hall–Kier alpha value is -1.04. The van der Waals surface area contributed by atoms with Gasteiger partial charge in [-0.2, -0.15) is 0 Å². The molecule has 1 N–H and O–H groups in total. The molecule has 0 atom stereocenters. The maximum absolute atomic E-state index is 11.0. The molecule has 1 aliphatic rings. The van der Waals surface area contributed by atoms with Crippen molar-refractivity contribution in [2.45, 2.75) is 12.8 Å². The number of rotatable bonds is 6. The summed E-state index contributed by atoms with van der Waals surface area (Å²) in [6.07, 6.45) is 5.03. The van der Waals surface area contributed by atoms with Crippen LogP contribution in [0.1, 0.15) is 18.4 Å². The van der Waals surface area contributed by atoms with Crippen LogP contribution in [-0.2, 0) is 9.84 Å². The Balaban J connectivity index is 0.00000220. The Morgan fingerprint density at radius 3 is 2.52 bits per heavy atom. The van der Waals surface area contributed by atoms with Gasteiger partial charge in [-0.3, -0.25) is 0 Å². The quantitative estimate of drug-likeness (QED) is 0.813. The van der Waals surface area contributed by atoms with Crippen LogP contribution in [0.2, 0.25) is 0 Å². The lowest BCUT2D eigenvalue weighted by atomic mass is 10.0. The molecule has 0 bridgehead atoms. The predicted molar refractivity (Wildman–Crippen MR) is 89.0 cm³/mol. The van der Waals surface area contributed by atoms with Gasteiger partial charge in [-0.15, -0.1) is 12.4 Å². The molecule has 6 heteroatoms. The van der Waals surface area contributed by atoms with Crippen molar-refractivity contribution in [3.05, 3.63) is 35.9 Å². The molecule has 4 nitrogen and oxygen atoms in total. The molecule has 0 unspecified atom stereocenters. The van der Waals surface area contributed by atoms with Gasteiger partial charge in [0.15, 0.2) is 0 Å². The van der Waals surface area contributed by atoms with Crippen LogP contribution in [0.4, 0.5) is 0 Å². The van der Waals surface area contributed by atoms with Gasteiger partial charge in [0.05, 0.1) is 12.4 Å². The zero-order chi connectivity index (χ0) is 14.4. The molecule has 0 saturated heterocycles. The lowest BCUT2D eigenvalue weighted by molar-refractivity contribution is 0.317. The van der Waals surface area contributed by atoms with E-state index in [1.54, 1.807) is 0 Å². The fourth-order valence-electron chi connectivity index (χ4n) is 2.16. The Morgan fingerprint density at radius 1 is 1.24 bits per heavy atom. The van der Waals surface area contributed by atoms with E-state index in [0.717, 1.165) is 25.3 Å². The van der Waals surface area contributed by atoms with Gasteiger partial charge in [-0.05, 0) is 42.7 Å². The van der Waals surface area contributed by atoms with E-state index >= 15 is 0 Å².